The molecule has 0 aliphatic carbocycles. The molecule has 1 atom stereocenters. The lowest BCUT2D eigenvalue weighted by atomic mass is 9.91. The zero-order valence-electron chi connectivity index (χ0n) is 14.4. The van der Waals surface area contributed by atoms with Gasteiger partial charge in [-0.05, 0) is 49.2 Å². The van der Waals surface area contributed by atoms with E-state index in [0.717, 1.165) is 0 Å². The van der Waals surface area contributed by atoms with Crippen LogP contribution in [0.15, 0.2) is 53.4 Å². The van der Waals surface area contributed by atoms with Gasteiger partial charge in [0.25, 0.3) is 0 Å². The lowest BCUT2D eigenvalue weighted by molar-refractivity contribution is 0.0872. The van der Waals surface area contributed by atoms with Crippen molar-refractivity contribution in [2.45, 2.75) is 17.7 Å². The minimum absolute atomic E-state index is 0.0493. The smallest absolute Gasteiger partial charge is 0.244 e. The van der Waals surface area contributed by atoms with Crippen LogP contribution in [0, 0.1) is 5.92 Å². The number of benzene rings is 2. The summed E-state index contributed by atoms with van der Waals surface area (Å²) in [6.07, 6.45) is 1.30. The highest BCUT2D eigenvalue weighted by molar-refractivity contribution is 7.89. The van der Waals surface area contributed by atoms with E-state index >= 15 is 0 Å². The van der Waals surface area contributed by atoms with Crippen LogP contribution in [0.25, 0.3) is 0 Å². The largest absolute Gasteiger partial charge is 0.497 e. The van der Waals surface area contributed by atoms with Crippen LogP contribution in [0.2, 0.25) is 5.02 Å². The van der Waals surface area contributed by atoms with Crippen LogP contribution < -0.4 is 4.74 Å². The number of rotatable bonds is 5. The number of methoxy groups -OCH3 is 1. The highest BCUT2D eigenvalue weighted by atomic mass is 35.5. The molecule has 2 aromatic rings. The SMILES string of the molecule is COc1ccc(C(=O)C2CCCN(S(=O)(=O)c3ccccc3Cl)C2)cc1. The van der Waals surface area contributed by atoms with Crippen LogP contribution in [-0.2, 0) is 10.0 Å². The Balaban J connectivity index is 1.80. The molecular formula is C19H20ClNO4S. The topological polar surface area (TPSA) is 63.7 Å². The Kier molecular flexibility index (Phi) is 5.65. The Morgan fingerprint density at radius 2 is 1.85 bits per heavy atom. The van der Waals surface area contributed by atoms with Crippen LogP contribution in [0.3, 0.4) is 0 Å². The number of hydrogen-bond acceptors (Lipinski definition) is 4. The summed E-state index contributed by atoms with van der Waals surface area (Å²) >= 11 is 6.07. The molecule has 0 radical (unpaired) electrons. The van der Waals surface area contributed by atoms with Crippen molar-refractivity contribution in [2.24, 2.45) is 5.92 Å². The summed E-state index contributed by atoms with van der Waals surface area (Å²) < 4.78 is 32.3. The normalized spacial score (nSPS) is 18.5. The van der Waals surface area contributed by atoms with Crippen molar-refractivity contribution in [3.63, 3.8) is 0 Å². The van der Waals surface area contributed by atoms with Gasteiger partial charge in [-0.3, -0.25) is 4.79 Å². The van der Waals surface area contributed by atoms with Gasteiger partial charge in [-0.15, -0.1) is 0 Å². The van der Waals surface area contributed by atoms with Crippen LogP contribution in [-0.4, -0.2) is 38.7 Å². The van der Waals surface area contributed by atoms with Gasteiger partial charge in [-0.2, -0.15) is 4.31 Å². The fourth-order valence-corrected chi connectivity index (χ4v) is 5.18. The third kappa shape index (κ3) is 3.77. The van der Waals surface area contributed by atoms with E-state index in [1.54, 1.807) is 49.6 Å². The summed E-state index contributed by atoms with van der Waals surface area (Å²) in [4.78, 5) is 12.9. The first-order chi connectivity index (χ1) is 12.4. The second-order valence-corrected chi connectivity index (χ2v) is 8.54. The van der Waals surface area contributed by atoms with Crippen LogP contribution in [0.4, 0.5) is 0 Å². The number of halogens is 1. The van der Waals surface area contributed by atoms with Gasteiger partial charge >= 0.3 is 0 Å². The molecule has 1 saturated heterocycles. The van der Waals surface area contributed by atoms with Gasteiger partial charge in [0.15, 0.2) is 5.78 Å². The second-order valence-electron chi connectivity index (χ2n) is 6.23. The van der Waals surface area contributed by atoms with E-state index in [1.165, 1.54) is 10.4 Å². The van der Waals surface area contributed by atoms with Crippen molar-refractivity contribution in [1.29, 1.82) is 0 Å². The van der Waals surface area contributed by atoms with Crippen LogP contribution in [0.1, 0.15) is 23.2 Å². The highest BCUT2D eigenvalue weighted by Crippen LogP contribution is 2.29. The number of carbonyl (C=O) groups is 1. The molecule has 0 aromatic heterocycles. The molecule has 0 N–H and O–H groups in total. The minimum atomic E-state index is -3.72. The van der Waals surface area contributed by atoms with E-state index < -0.39 is 10.0 Å². The predicted molar refractivity (Wildman–Crippen MR) is 100 cm³/mol. The fraction of sp³-hybridized carbons (Fsp3) is 0.316. The van der Waals surface area contributed by atoms with E-state index in [0.29, 0.717) is 30.7 Å². The Morgan fingerprint density at radius 1 is 1.15 bits per heavy atom. The van der Waals surface area contributed by atoms with Crippen molar-refractivity contribution >= 4 is 27.4 Å². The minimum Gasteiger partial charge on any atom is -0.497 e. The van der Waals surface area contributed by atoms with Gasteiger partial charge < -0.3 is 4.74 Å². The summed E-state index contributed by atoms with van der Waals surface area (Å²) in [7, 11) is -2.16. The summed E-state index contributed by atoms with van der Waals surface area (Å²) in [5.41, 5.74) is 0.563. The number of nitrogens with zero attached hydrogens (tertiary/aromatic N) is 1. The van der Waals surface area contributed by atoms with Gasteiger partial charge in [0.05, 0.1) is 12.1 Å². The molecule has 3 rings (SSSR count). The van der Waals surface area contributed by atoms with E-state index in [4.69, 9.17) is 16.3 Å². The van der Waals surface area contributed by atoms with Crippen molar-refractivity contribution in [1.82, 2.24) is 4.31 Å². The molecular weight excluding hydrogens is 374 g/mol. The fourth-order valence-electron chi connectivity index (χ4n) is 3.16. The average molecular weight is 394 g/mol. The zero-order valence-corrected chi connectivity index (χ0v) is 16.0. The van der Waals surface area contributed by atoms with Gasteiger partial charge in [0.1, 0.15) is 10.6 Å². The van der Waals surface area contributed by atoms with E-state index in [2.05, 4.69) is 0 Å². The van der Waals surface area contributed by atoms with Crippen molar-refractivity contribution in [2.75, 3.05) is 20.2 Å². The molecule has 138 valence electrons. The van der Waals surface area contributed by atoms with Gasteiger partial charge in [-0.1, -0.05) is 23.7 Å². The van der Waals surface area contributed by atoms with Gasteiger partial charge in [0.2, 0.25) is 10.0 Å². The zero-order chi connectivity index (χ0) is 18.7. The molecule has 0 spiro atoms. The quantitative estimate of drug-likeness (QED) is 0.727. The van der Waals surface area contributed by atoms with Crippen LogP contribution >= 0.6 is 11.6 Å². The molecule has 26 heavy (non-hydrogen) atoms. The number of ketones is 1. The first kappa shape index (κ1) is 18.9. The first-order valence-corrected chi connectivity index (χ1v) is 10.2. The lowest BCUT2D eigenvalue weighted by Crippen LogP contribution is -2.42. The summed E-state index contributed by atoms with van der Waals surface area (Å²) in [5.74, 6) is 0.259. The molecule has 7 heteroatoms. The standard InChI is InChI=1S/C19H20ClNO4S/c1-25-16-10-8-14(9-11-16)19(22)15-5-4-12-21(13-15)26(23,24)18-7-3-2-6-17(18)20/h2-3,6-11,15H,4-5,12-13H2,1H3. The Labute approximate surface area is 158 Å². The number of hydrogen-bond donors (Lipinski definition) is 0. The lowest BCUT2D eigenvalue weighted by Gasteiger charge is -2.31. The first-order valence-electron chi connectivity index (χ1n) is 8.36. The predicted octanol–water partition coefficient (Wildman–Crippen LogP) is 3.63. The van der Waals surface area contributed by atoms with Gasteiger partial charge in [0, 0.05) is 24.6 Å². The molecule has 1 aliphatic rings. The second kappa shape index (κ2) is 7.78. The molecule has 2 aromatic carbocycles. The Hall–Kier alpha value is -1.89. The summed E-state index contributed by atoms with van der Waals surface area (Å²) in [5, 5.41) is 0.191. The van der Waals surface area contributed by atoms with E-state index in [1.807, 2.05) is 0 Å². The molecule has 0 saturated carbocycles. The van der Waals surface area contributed by atoms with Crippen molar-refractivity contribution in [3.05, 3.63) is 59.1 Å². The highest BCUT2D eigenvalue weighted by Gasteiger charge is 2.34. The molecule has 1 aliphatic heterocycles. The number of carbonyl (C=O) groups excluding carboxylic acids is 1. The maximum atomic E-state index is 12.9. The monoisotopic (exact) mass is 393 g/mol. The third-order valence-corrected chi connectivity index (χ3v) is 6.95. The molecule has 1 heterocycles. The molecule has 1 unspecified atom stereocenters. The van der Waals surface area contributed by atoms with Crippen LogP contribution in [0.5, 0.6) is 5.75 Å². The van der Waals surface area contributed by atoms with Gasteiger partial charge in [-0.25, -0.2) is 8.42 Å². The summed E-state index contributed by atoms with van der Waals surface area (Å²) in [6, 6.07) is 13.3. The number of sulfonamides is 1. The average Bonchev–Trinajstić information content (AvgIpc) is 2.68. The third-order valence-electron chi connectivity index (χ3n) is 4.58. The number of Topliss-reactive ketones (excluding diaryl/α,β-unsaturated/α-hetero) is 1. The molecule has 1 fully saturated rings. The van der Waals surface area contributed by atoms with Crippen molar-refractivity contribution < 1.29 is 17.9 Å². The summed E-state index contributed by atoms with van der Waals surface area (Å²) in [6.45, 7) is 0.554. The Bertz CT molecular complexity index is 896. The van der Waals surface area contributed by atoms with E-state index in [9.17, 15) is 13.2 Å². The maximum absolute atomic E-state index is 12.9. The number of piperidine rings is 1. The molecule has 5 nitrogen and oxygen atoms in total. The van der Waals surface area contributed by atoms with Crippen molar-refractivity contribution in [3.8, 4) is 5.75 Å². The number of ether oxygens (including phenoxy) is 1. The molecule has 0 amide bonds. The molecule has 0 bridgehead atoms. The van der Waals surface area contributed by atoms with E-state index in [-0.39, 0.29) is 28.2 Å². The Morgan fingerprint density at radius 3 is 2.50 bits per heavy atom. The maximum Gasteiger partial charge on any atom is 0.244 e.